The van der Waals surface area contributed by atoms with Crippen molar-refractivity contribution in [1.29, 1.82) is 0 Å². The molecule has 16 aromatic carbocycles. The number of hydrogen-bond acceptors (Lipinski definition) is 4. The Kier molecular flexibility index (Phi) is 16.0. The number of fused-ring (bicyclic) bond motifs is 16. The van der Waals surface area contributed by atoms with E-state index in [1.165, 1.54) is 24.3 Å². The van der Waals surface area contributed by atoms with Crippen molar-refractivity contribution in [2.75, 3.05) is 9.80 Å². The van der Waals surface area contributed by atoms with Crippen molar-refractivity contribution in [2.24, 2.45) is 0 Å². The summed E-state index contributed by atoms with van der Waals surface area (Å²) in [5.41, 5.74) is 17.7. The predicted octanol–water partition coefficient (Wildman–Crippen LogP) is 27.4. The summed E-state index contributed by atoms with van der Waals surface area (Å²) in [6, 6.07) is 110. The normalized spacial score (nSPS) is 16.1. The summed E-state index contributed by atoms with van der Waals surface area (Å²) in [6.07, 6.45) is 3.53. The second-order valence-corrected chi connectivity index (χ2v) is 29.0. The summed E-state index contributed by atoms with van der Waals surface area (Å²) in [6.45, 7) is 7.78. The van der Waals surface area contributed by atoms with E-state index >= 15 is 26.3 Å². The molecule has 540 valence electrons. The Morgan fingerprint density at radius 2 is 0.487 bits per heavy atom. The van der Waals surface area contributed by atoms with Crippen LogP contribution in [0, 0.1) is 34.9 Å². The van der Waals surface area contributed by atoms with Gasteiger partial charge in [-0.3, -0.25) is 0 Å². The zero-order valence-corrected chi connectivity index (χ0v) is 60.5. The second kappa shape index (κ2) is 26.5. The van der Waals surface area contributed by atoms with Crippen LogP contribution < -0.4 is 19.3 Å². The standard InChI is InChI=1S/C103H64F6N2O2/c1-3-63-27-47-75(48-28-63)112-77-51-31-65(32-52-77)101(91-23-13-25-97(106)99(91)108)87-19-9-5-15-79(87)83-55-43-71(59-93(83)101)110(69-39-35-67(104)36-40-69)73-45-57-85-81-17-7-11-21-89(81)103(95(85)61-73)90-22-12-8-18-82(90)86-58-46-74(62-96(86)103)111(70-41-37-68(105)38-42-70)72-44-56-84-80-16-6-10-20-88(80)102(94(84)60-72,92-24-14-26-98(107)100(92)109)66-33-53-78(54-34-66)113-76-49-29-64(4-2)30-50-76/h3-62H,1-2H2. The molecule has 4 aliphatic rings. The van der Waals surface area contributed by atoms with Gasteiger partial charge in [-0.1, -0.05) is 219 Å². The van der Waals surface area contributed by atoms with Gasteiger partial charge in [0, 0.05) is 45.3 Å². The summed E-state index contributed by atoms with van der Waals surface area (Å²) >= 11 is 0. The van der Waals surface area contributed by atoms with Gasteiger partial charge in [-0.25, -0.2) is 26.3 Å². The van der Waals surface area contributed by atoms with Crippen molar-refractivity contribution < 1.29 is 35.8 Å². The smallest absolute Gasteiger partial charge is 0.163 e. The highest BCUT2D eigenvalue weighted by molar-refractivity contribution is 5.99. The van der Waals surface area contributed by atoms with E-state index in [1.807, 2.05) is 170 Å². The number of ether oxygens (including phenoxy) is 2. The molecule has 4 nitrogen and oxygen atoms in total. The molecule has 0 aromatic heterocycles. The van der Waals surface area contributed by atoms with Crippen molar-refractivity contribution in [3.63, 3.8) is 0 Å². The van der Waals surface area contributed by atoms with Gasteiger partial charge < -0.3 is 19.3 Å². The Bertz CT molecular complexity index is 6160. The van der Waals surface area contributed by atoms with Gasteiger partial charge in [-0.15, -0.1) is 0 Å². The van der Waals surface area contributed by atoms with Crippen molar-refractivity contribution >= 4 is 46.3 Å². The quantitative estimate of drug-likeness (QED) is 0.0900. The molecule has 0 fully saturated rings. The number of hydrogen-bond donors (Lipinski definition) is 0. The van der Waals surface area contributed by atoms with E-state index in [4.69, 9.17) is 9.47 Å². The summed E-state index contributed by atoms with van der Waals surface area (Å²) in [5, 5.41) is 0. The highest BCUT2D eigenvalue weighted by atomic mass is 19.2. The van der Waals surface area contributed by atoms with Crippen molar-refractivity contribution in [1.82, 2.24) is 0 Å². The Hall–Kier alpha value is -14.2. The lowest BCUT2D eigenvalue weighted by atomic mass is 9.67. The lowest BCUT2D eigenvalue weighted by molar-refractivity contribution is 0.480. The maximum absolute atomic E-state index is 17.5. The van der Waals surface area contributed by atoms with Gasteiger partial charge >= 0.3 is 0 Å². The van der Waals surface area contributed by atoms with Crippen molar-refractivity contribution in [3.8, 4) is 67.5 Å². The first-order chi connectivity index (χ1) is 55.4. The van der Waals surface area contributed by atoms with Gasteiger partial charge in [0.25, 0.3) is 0 Å². The summed E-state index contributed by atoms with van der Waals surface area (Å²) in [5.74, 6) is -2.52. The molecule has 0 heterocycles. The predicted molar refractivity (Wildman–Crippen MR) is 440 cm³/mol. The molecule has 0 radical (unpaired) electrons. The molecule has 20 rings (SSSR count). The lowest BCUT2D eigenvalue weighted by Crippen LogP contribution is -2.30. The van der Waals surface area contributed by atoms with Crippen LogP contribution in [0.1, 0.15) is 77.9 Å². The first kappa shape index (κ1) is 68.1. The Balaban J connectivity index is 0.770. The van der Waals surface area contributed by atoms with E-state index in [1.54, 1.807) is 60.7 Å². The molecular formula is C103H64F6N2O2. The van der Waals surface area contributed by atoms with Crippen LogP contribution in [0.4, 0.5) is 60.5 Å². The molecule has 0 saturated carbocycles. The zero-order chi connectivity index (χ0) is 76.4. The first-order valence-corrected chi connectivity index (χ1v) is 37.4. The minimum absolute atomic E-state index is 0.116. The summed E-state index contributed by atoms with van der Waals surface area (Å²) in [7, 11) is 0. The highest BCUT2D eigenvalue weighted by Gasteiger charge is 2.54. The molecule has 0 amide bonds. The van der Waals surface area contributed by atoms with Gasteiger partial charge in [-0.05, 0) is 269 Å². The fourth-order valence-electron chi connectivity index (χ4n) is 18.5. The van der Waals surface area contributed by atoms with Crippen LogP contribution in [-0.4, -0.2) is 0 Å². The fraction of sp³-hybridized carbons (Fsp3) is 0.0291. The number of halogens is 6. The third-order valence-electron chi connectivity index (χ3n) is 23.3. The molecule has 0 bridgehead atoms. The largest absolute Gasteiger partial charge is 0.457 e. The van der Waals surface area contributed by atoms with Crippen molar-refractivity contribution in [3.05, 3.63) is 478 Å². The molecule has 0 N–H and O–H groups in total. The fourth-order valence-corrected chi connectivity index (χ4v) is 18.5. The topological polar surface area (TPSA) is 24.9 Å². The van der Waals surface area contributed by atoms with E-state index in [2.05, 4.69) is 120 Å². The lowest BCUT2D eigenvalue weighted by Gasteiger charge is -2.36. The minimum Gasteiger partial charge on any atom is -0.457 e. The number of rotatable bonds is 16. The van der Waals surface area contributed by atoms with Crippen LogP contribution in [0.2, 0.25) is 0 Å². The van der Waals surface area contributed by atoms with E-state index in [9.17, 15) is 0 Å². The molecule has 10 heteroatoms. The van der Waals surface area contributed by atoms with E-state index in [0.717, 1.165) is 113 Å². The Morgan fingerprint density at radius 1 is 0.230 bits per heavy atom. The van der Waals surface area contributed by atoms with Gasteiger partial charge in [0.15, 0.2) is 23.3 Å². The maximum atomic E-state index is 17.5. The molecule has 16 aromatic rings. The van der Waals surface area contributed by atoms with Crippen LogP contribution in [0.15, 0.2) is 365 Å². The van der Waals surface area contributed by atoms with Gasteiger partial charge in [0.2, 0.25) is 0 Å². The molecule has 0 aliphatic heterocycles. The van der Waals surface area contributed by atoms with E-state index in [-0.39, 0.29) is 11.1 Å². The van der Waals surface area contributed by atoms with Gasteiger partial charge in [-0.2, -0.15) is 0 Å². The Morgan fingerprint density at radius 3 is 0.796 bits per heavy atom. The zero-order valence-electron chi connectivity index (χ0n) is 60.5. The van der Waals surface area contributed by atoms with Gasteiger partial charge in [0.05, 0.1) is 16.2 Å². The molecule has 2 unspecified atom stereocenters. The van der Waals surface area contributed by atoms with Gasteiger partial charge in [0.1, 0.15) is 34.6 Å². The molecule has 4 aliphatic carbocycles. The van der Waals surface area contributed by atoms with Crippen LogP contribution >= 0.6 is 0 Å². The third kappa shape index (κ3) is 10.4. The van der Waals surface area contributed by atoms with Crippen molar-refractivity contribution in [2.45, 2.75) is 16.2 Å². The van der Waals surface area contributed by atoms with Crippen LogP contribution in [0.25, 0.3) is 56.7 Å². The average molecular weight is 1480 g/mol. The van der Waals surface area contributed by atoms with Crippen LogP contribution in [-0.2, 0) is 16.2 Å². The number of anilines is 6. The number of nitrogens with zero attached hydrogens (tertiary/aromatic N) is 2. The van der Waals surface area contributed by atoms with Crippen LogP contribution in [0.3, 0.4) is 0 Å². The first-order valence-electron chi connectivity index (χ1n) is 37.4. The van der Waals surface area contributed by atoms with Crippen LogP contribution in [0.5, 0.6) is 23.0 Å². The monoisotopic (exact) mass is 1470 g/mol. The summed E-state index contributed by atoms with van der Waals surface area (Å²) in [4.78, 5) is 4.20. The highest BCUT2D eigenvalue weighted by Crippen LogP contribution is 2.66. The number of benzene rings is 16. The van der Waals surface area contributed by atoms with E-state index < -0.39 is 51.1 Å². The summed E-state index contributed by atoms with van der Waals surface area (Å²) < 4.78 is 112. The molecule has 2 atom stereocenters. The molecule has 113 heavy (non-hydrogen) atoms. The Labute approximate surface area is 649 Å². The van der Waals surface area contributed by atoms with E-state index in [0.29, 0.717) is 68.0 Å². The SMILES string of the molecule is C=Cc1ccc(Oc2ccc(C3(c4cccc(F)c4F)c4ccccc4-c4ccc(N(c5ccc(F)cc5)c5ccc6c(c5)C5(c7ccccc7-6)c6ccccc6-c6ccc(N(c7ccc(F)cc7)c7ccc8c(c7)C(c7ccc(Oc9ccc(C=C)cc9)cc7)(c7cccc(F)c7F)c7ccccc7-8)cc65)cc43)cc2)cc1. The third-order valence-corrected chi connectivity index (χ3v) is 23.3. The average Bonchev–Trinajstić information content (AvgIpc) is 1.52. The maximum Gasteiger partial charge on any atom is 0.163 e. The second-order valence-electron chi connectivity index (χ2n) is 29.0. The molecular weight excluding hydrogens is 1410 g/mol. The molecule has 0 saturated heterocycles. The minimum atomic E-state index is -1.44. The molecule has 1 spiro atoms.